The summed E-state index contributed by atoms with van der Waals surface area (Å²) in [5, 5.41) is 0.348. The van der Waals surface area contributed by atoms with Gasteiger partial charge in [0.1, 0.15) is 11.6 Å². The first kappa shape index (κ1) is 24.2. The van der Waals surface area contributed by atoms with Crippen molar-refractivity contribution in [1.29, 1.82) is 0 Å². The third-order valence-corrected chi connectivity index (χ3v) is 9.14. The molecule has 5 rings (SSSR count). The average molecular weight is 505 g/mol. The minimum absolute atomic E-state index is 0.0513. The van der Waals surface area contributed by atoms with E-state index in [9.17, 15) is 18.2 Å². The van der Waals surface area contributed by atoms with Crippen LogP contribution in [0.5, 0.6) is 5.75 Å². The first-order chi connectivity index (χ1) is 16.7. The molecule has 8 nitrogen and oxygen atoms in total. The van der Waals surface area contributed by atoms with Crippen LogP contribution >= 0.6 is 0 Å². The summed E-state index contributed by atoms with van der Waals surface area (Å²) in [6, 6.07) is 4.20. The first-order valence-electron chi connectivity index (χ1n) is 12.4. The molecule has 1 aromatic rings. The number of amides is 1. The molecule has 1 amide bonds. The van der Waals surface area contributed by atoms with E-state index in [1.54, 1.807) is 6.07 Å². The molecule has 3 atom stereocenters. The molecule has 0 spiro atoms. The molecule has 1 aliphatic carbocycles. The Bertz CT molecular complexity index is 1070. The first-order valence-corrected chi connectivity index (χ1v) is 13.7. The van der Waals surface area contributed by atoms with Gasteiger partial charge >= 0.3 is 0 Å². The number of hydrogen-bond donors (Lipinski definition) is 0. The zero-order valence-corrected chi connectivity index (χ0v) is 21.3. The van der Waals surface area contributed by atoms with Crippen molar-refractivity contribution in [2.75, 3.05) is 39.8 Å². The fourth-order valence-corrected chi connectivity index (χ4v) is 6.50. The van der Waals surface area contributed by atoms with Gasteiger partial charge < -0.3 is 19.4 Å². The van der Waals surface area contributed by atoms with Gasteiger partial charge in [-0.25, -0.2) is 4.39 Å². The molecular weight excluding hydrogens is 471 g/mol. The van der Waals surface area contributed by atoms with Crippen LogP contribution in [0.4, 0.5) is 4.39 Å². The summed E-state index contributed by atoms with van der Waals surface area (Å²) < 4.78 is 32.6. The normalized spacial score (nSPS) is 26.1. The number of nitrogens with zero attached hydrogens (tertiary/aromatic N) is 4. The molecule has 0 aromatic heterocycles. The number of ketones is 1. The molecule has 10 heteroatoms. The number of carbonyl (C=O) groups excluding carboxylic acids is 2. The highest BCUT2D eigenvalue weighted by Gasteiger charge is 2.42. The Labute approximate surface area is 207 Å². The number of aliphatic imine (C=N–C) groups is 1. The van der Waals surface area contributed by atoms with Gasteiger partial charge in [0, 0.05) is 67.7 Å². The van der Waals surface area contributed by atoms with E-state index in [2.05, 4.69) is 9.80 Å². The summed E-state index contributed by atoms with van der Waals surface area (Å²) in [5.74, 6) is 0.251. The number of benzene rings is 1. The number of hydrogen-bond acceptors (Lipinski definition) is 7. The van der Waals surface area contributed by atoms with E-state index in [1.807, 2.05) is 25.8 Å². The van der Waals surface area contributed by atoms with Crippen molar-refractivity contribution in [3.05, 3.63) is 29.6 Å². The highest BCUT2D eigenvalue weighted by molar-refractivity contribution is 7.86. The topological polar surface area (TPSA) is 82.5 Å². The van der Waals surface area contributed by atoms with E-state index in [1.165, 1.54) is 12.1 Å². The smallest absolute Gasteiger partial charge is 0.264 e. The summed E-state index contributed by atoms with van der Waals surface area (Å²) in [5.41, 5.74) is 0.0992. The molecule has 3 heterocycles. The number of rotatable bonds is 7. The Morgan fingerprint density at radius 3 is 2.57 bits per heavy atom. The van der Waals surface area contributed by atoms with Crippen LogP contribution in [0.25, 0.3) is 0 Å². The fourth-order valence-electron chi connectivity index (χ4n) is 5.08. The lowest BCUT2D eigenvalue weighted by Gasteiger charge is -2.46. The maximum absolute atomic E-state index is 14.5. The number of halogens is 1. The number of ether oxygens (including phenoxy) is 1. The average Bonchev–Trinajstić information content (AvgIpc) is 3.58. The van der Waals surface area contributed by atoms with Crippen molar-refractivity contribution in [1.82, 2.24) is 14.7 Å². The fraction of sp³-hybridized carbons (Fsp3) is 0.640. The largest absolute Gasteiger partial charge is 0.480 e. The Hall–Kier alpha value is -2.49. The highest BCUT2D eigenvalue weighted by atomic mass is 32.2. The number of guanidine groups is 1. The van der Waals surface area contributed by atoms with Gasteiger partial charge in [-0.15, -0.1) is 0 Å². The lowest BCUT2D eigenvalue weighted by atomic mass is 10.1. The Kier molecular flexibility index (Phi) is 6.59. The second-order valence-electron chi connectivity index (χ2n) is 10.3. The molecule has 0 N–H and O–H groups in total. The van der Waals surface area contributed by atoms with Crippen LogP contribution in [0.1, 0.15) is 43.5 Å². The molecule has 3 fully saturated rings. The van der Waals surface area contributed by atoms with E-state index in [-0.39, 0.29) is 45.5 Å². The molecule has 3 aliphatic heterocycles. The second kappa shape index (κ2) is 9.52. The summed E-state index contributed by atoms with van der Waals surface area (Å²) >= 11 is 0. The van der Waals surface area contributed by atoms with Gasteiger partial charge in [0.2, 0.25) is 0 Å². The van der Waals surface area contributed by atoms with Crippen molar-refractivity contribution in [3.8, 4) is 5.75 Å². The molecule has 0 radical (unpaired) electrons. The van der Waals surface area contributed by atoms with Gasteiger partial charge in [-0.2, -0.15) is 0 Å². The van der Waals surface area contributed by atoms with Crippen LogP contribution in [0.3, 0.4) is 0 Å². The summed E-state index contributed by atoms with van der Waals surface area (Å²) in [4.78, 5) is 36.0. The molecular formula is C25H33FN4O4S. The van der Waals surface area contributed by atoms with Crippen molar-refractivity contribution in [2.45, 2.75) is 55.8 Å². The highest BCUT2D eigenvalue weighted by Crippen LogP contribution is 2.34. The van der Waals surface area contributed by atoms with Gasteiger partial charge in [0.15, 0.2) is 17.8 Å². The van der Waals surface area contributed by atoms with Crippen LogP contribution < -0.4 is 4.74 Å². The maximum atomic E-state index is 14.5. The summed E-state index contributed by atoms with van der Waals surface area (Å²) in [7, 11) is 1.14. The van der Waals surface area contributed by atoms with E-state index < -0.39 is 22.7 Å². The Morgan fingerprint density at radius 2 is 1.94 bits per heavy atom. The number of Topliss-reactive ketones (excluding diaryl/α,β-unsaturated/α-hetero) is 1. The van der Waals surface area contributed by atoms with Crippen molar-refractivity contribution >= 4 is 28.4 Å². The quantitative estimate of drug-likeness (QED) is 0.528. The van der Waals surface area contributed by atoms with Crippen LogP contribution in [0, 0.1) is 11.7 Å². The predicted molar refractivity (Wildman–Crippen MR) is 132 cm³/mol. The Balaban J connectivity index is 1.16. The lowest BCUT2D eigenvalue weighted by molar-refractivity contribution is -0.135. The van der Waals surface area contributed by atoms with E-state index in [0.29, 0.717) is 26.1 Å². The molecule has 35 heavy (non-hydrogen) atoms. The minimum atomic E-state index is -0.828. The van der Waals surface area contributed by atoms with Gasteiger partial charge in [-0.05, 0) is 25.0 Å². The molecule has 2 saturated heterocycles. The molecule has 190 valence electrons. The van der Waals surface area contributed by atoms with Crippen LogP contribution in [0.15, 0.2) is 23.2 Å². The molecule has 1 saturated carbocycles. The third-order valence-electron chi connectivity index (χ3n) is 7.26. The van der Waals surface area contributed by atoms with E-state index in [0.717, 1.165) is 31.9 Å². The number of likely N-dealkylation sites (N-methyl/N-ethyl adjacent to an activating group) is 1. The van der Waals surface area contributed by atoms with Crippen molar-refractivity contribution in [3.63, 3.8) is 0 Å². The van der Waals surface area contributed by atoms with Crippen LogP contribution in [-0.2, 0) is 15.6 Å². The van der Waals surface area contributed by atoms with Crippen molar-refractivity contribution in [2.24, 2.45) is 10.9 Å². The monoisotopic (exact) mass is 504 g/mol. The van der Waals surface area contributed by atoms with Gasteiger partial charge in [-0.3, -0.25) is 18.8 Å². The number of likely N-dealkylation sites (tertiary alicyclic amines) is 2. The van der Waals surface area contributed by atoms with E-state index in [4.69, 9.17) is 9.73 Å². The second-order valence-corrected chi connectivity index (χ2v) is 12.6. The predicted octanol–water partition coefficient (Wildman–Crippen LogP) is 1.91. The minimum Gasteiger partial charge on any atom is -0.480 e. The van der Waals surface area contributed by atoms with E-state index >= 15 is 0 Å². The maximum Gasteiger partial charge on any atom is 0.264 e. The van der Waals surface area contributed by atoms with Crippen molar-refractivity contribution < 1.29 is 22.9 Å². The molecule has 0 bridgehead atoms. The van der Waals surface area contributed by atoms with Crippen LogP contribution in [0.2, 0.25) is 0 Å². The Morgan fingerprint density at radius 1 is 1.20 bits per heavy atom. The SMILES string of the molecule is CC(C)S(=O)C1CN(C2=NCC(N3CC[C@@H](Oc4ccc(C(=O)C5CC5)c(F)c4)C3=O)CN2C)C1. The van der Waals surface area contributed by atoms with Gasteiger partial charge in [0.05, 0.1) is 23.4 Å². The zero-order valence-electron chi connectivity index (χ0n) is 20.5. The van der Waals surface area contributed by atoms with Gasteiger partial charge in [0.25, 0.3) is 5.91 Å². The number of carbonyl (C=O) groups is 2. The van der Waals surface area contributed by atoms with Gasteiger partial charge in [-0.1, -0.05) is 13.8 Å². The molecule has 4 aliphatic rings. The standard InChI is InChI=1S/C25H33FN4O4S/c1-15(2)35(33)19-13-29(14-19)25-27-11-17(12-28(25)3)30-9-8-22(24(30)32)34-18-6-7-20(21(26)10-18)23(31)16-4-5-16/h6-7,10,15-17,19,22H,4-5,8-9,11-14H2,1-3H3/t17?,22-,35?/m1/s1. The third kappa shape index (κ3) is 4.81. The summed E-state index contributed by atoms with van der Waals surface area (Å²) in [6.45, 7) is 7.21. The zero-order chi connectivity index (χ0) is 24.9. The van der Waals surface area contributed by atoms with Crippen LogP contribution in [-0.4, -0.2) is 99.0 Å². The summed E-state index contributed by atoms with van der Waals surface area (Å²) in [6.07, 6.45) is 1.50. The lowest BCUT2D eigenvalue weighted by Crippen LogP contribution is -2.62. The molecule has 2 unspecified atom stereocenters. The molecule has 1 aromatic carbocycles.